The van der Waals surface area contributed by atoms with Gasteiger partial charge in [-0.2, -0.15) is 0 Å². The van der Waals surface area contributed by atoms with Gasteiger partial charge in [0.05, 0.1) is 22.9 Å². The molecule has 2 N–H and O–H groups in total. The first-order chi connectivity index (χ1) is 10.1. The summed E-state index contributed by atoms with van der Waals surface area (Å²) in [6.07, 6.45) is 7.11. The Kier molecular flexibility index (Phi) is 3.19. The lowest BCUT2D eigenvalue weighted by Crippen LogP contribution is -2.42. The van der Waals surface area contributed by atoms with Crippen LogP contribution in [0, 0.1) is 5.92 Å². The first-order valence-corrected chi connectivity index (χ1v) is 6.30. The molecule has 0 saturated carbocycles. The smallest absolute Gasteiger partial charge is 0.335 e. The highest BCUT2D eigenvalue weighted by Crippen LogP contribution is 2.18. The second-order valence-electron chi connectivity index (χ2n) is 4.54. The molecular weight excluding hydrogens is 270 g/mol. The fraction of sp³-hybridized carbons (Fsp3) is 0.0667. The Morgan fingerprint density at radius 2 is 2.19 bits per heavy atom. The molecule has 1 aromatic carbocycles. The number of nitrogens with zero attached hydrogens (tertiary/aromatic N) is 2. The van der Waals surface area contributed by atoms with E-state index in [1.54, 1.807) is 36.4 Å². The fourth-order valence-corrected chi connectivity index (χ4v) is 2.08. The third-order valence-electron chi connectivity index (χ3n) is 3.08. The van der Waals surface area contributed by atoms with E-state index < -0.39 is 5.97 Å². The number of benzene rings is 1. The molecule has 2 aliphatic rings. The number of carboxylic acid groups (broad SMARTS) is 1. The number of carbonyl (C=O) groups is 2. The lowest BCUT2D eigenvalue weighted by molar-refractivity contribution is -0.120. The van der Waals surface area contributed by atoms with Gasteiger partial charge in [0.15, 0.2) is 0 Å². The zero-order chi connectivity index (χ0) is 14.8. The monoisotopic (exact) mass is 281 g/mol. The lowest BCUT2D eigenvalue weighted by atomic mass is 9.96. The minimum absolute atomic E-state index is 0.130. The van der Waals surface area contributed by atoms with Gasteiger partial charge in [0.2, 0.25) is 11.9 Å². The van der Waals surface area contributed by atoms with Crippen LogP contribution in [0.1, 0.15) is 10.4 Å². The predicted octanol–water partition coefficient (Wildman–Crippen LogP) is 1.69. The molecule has 1 aliphatic carbocycles. The molecule has 0 aromatic heterocycles. The Balaban J connectivity index is 1.95. The maximum Gasteiger partial charge on any atom is 0.335 e. The van der Waals surface area contributed by atoms with E-state index in [9.17, 15) is 9.59 Å². The first-order valence-electron chi connectivity index (χ1n) is 6.30. The summed E-state index contributed by atoms with van der Waals surface area (Å²) >= 11 is 0. The second-order valence-corrected chi connectivity index (χ2v) is 4.54. The van der Waals surface area contributed by atoms with Gasteiger partial charge in [0.1, 0.15) is 0 Å². The van der Waals surface area contributed by atoms with Crippen molar-refractivity contribution in [3.63, 3.8) is 0 Å². The molecule has 6 heteroatoms. The zero-order valence-electron chi connectivity index (χ0n) is 10.9. The molecule has 0 fully saturated rings. The van der Waals surface area contributed by atoms with Crippen LogP contribution in [0.25, 0.3) is 0 Å². The number of hydrogen-bond donors (Lipinski definition) is 2. The number of amides is 1. The first kappa shape index (κ1) is 13.0. The van der Waals surface area contributed by atoms with Gasteiger partial charge >= 0.3 is 5.97 Å². The van der Waals surface area contributed by atoms with Crippen LogP contribution in [0.5, 0.6) is 0 Å². The fourth-order valence-electron chi connectivity index (χ4n) is 2.08. The van der Waals surface area contributed by atoms with Crippen LogP contribution in [-0.4, -0.2) is 28.7 Å². The topological polar surface area (TPSA) is 91.1 Å². The van der Waals surface area contributed by atoms with Crippen molar-refractivity contribution in [2.75, 3.05) is 0 Å². The molecule has 104 valence electrons. The number of carboxylic acids is 1. The summed E-state index contributed by atoms with van der Waals surface area (Å²) in [6, 6.07) is 6.13. The Hall–Kier alpha value is -3.02. The summed E-state index contributed by atoms with van der Waals surface area (Å²) in [5, 5.41) is 11.6. The molecule has 1 aliphatic heterocycles. The van der Waals surface area contributed by atoms with E-state index in [1.165, 1.54) is 12.1 Å². The van der Waals surface area contributed by atoms with Crippen LogP contribution in [0.15, 0.2) is 58.6 Å². The largest absolute Gasteiger partial charge is 0.478 e. The highest BCUT2D eigenvalue weighted by atomic mass is 16.4. The minimum Gasteiger partial charge on any atom is -0.478 e. The third-order valence-corrected chi connectivity index (χ3v) is 3.08. The van der Waals surface area contributed by atoms with Gasteiger partial charge in [-0.3, -0.25) is 10.1 Å². The van der Waals surface area contributed by atoms with Gasteiger partial charge < -0.3 is 5.11 Å². The van der Waals surface area contributed by atoms with Gasteiger partial charge in [-0.05, 0) is 24.3 Å². The maximum atomic E-state index is 12.0. The van der Waals surface area contributed by atoms with Crippen LogP contribution in [0.3, 0.4) is 0 Å². The zero-order valence-corrected chi connectivity index (χ0v) is 10.9. The highest BCUT2D eigenvalue weighted by Gasteiger charge is 2.27. The summed E-state index contributed by atoms with van der Waals surface area (Å²) in [5.74, 6) is -1.46. The number of aromatic carboxylic acids is 1. The van der Waals surface area contributed by atoms with E-state index >= 15 is 0 Å². The van der Waals surface area contributed by atoms with Crippen molar-refractivity contribution in [1.29, 1.82) is 0 Å². The van der Waals surface area contributed by atoms with Gasteiger partial charge in [-0.25, -0.2) is 14.8 Å². The number of rotatable bonds is 2. The second kappa shape index (κ2) is 5.16. The average Bonchev–Trinajstić information content (AvgIpc) is 2.47. The van der Waals surface area contributed by atoms with Crippen LogP contribution in [-0.2, 0) is 4.79 Å². The van der Waals surface area contributed by atoms with Crippen LogP contribution in [0.4, 0.5) is 5.69 Å². The van der Waals surface area contributed by atoms with Crippen LogP contribution >= 0.6 is 0 Å². The summed E-state index contributed by atoms with van der Waals surface area (Å²) in [5.41, 5.74) is 1.17. The number of carbonyl (C=O) groups excluding carboxylic acids is 1. The molecule has 0 saturated heterocycles. The number of nitrogens with one attached hydrogen (secondary N) is 1. The van der Waals surface area contributed by atoms with Gasteiger partial charge in [0, 0.05) is 0 Å². The molecule has 1 atom stereocenters. The number of hydrogen-bond acceptors (Lipinski definition) is 3. The summed E-state index contributed by atoms with van der Waals surface area (Å²) in [4.78, 5) is 31.3. The van der Waals surface area contributed by atoms with E-state index in [4.69, 9.17) is 5.11 Å². The quantitative estimate of drug-likeness (QED) is 0.864. The SMILES string of the molecule is O=C(O)c1cccc(N=C2N=C3C=CC=CC3C(=O)N2)c1. The Labute approximate surface area is 120 Å². The molecule has 1 unspecified atom stereocenters. The molecule has 0 radical (unpaired) electrons. The Bertz CT molecular complexity index is 744. The van der Waals surface area contributed by atoms with Crippen molar-refractivity contribution in [2.45, 2.75) is 0 Å². The molecule has 3 rings (SSSR count). The van der Waals surface area contributed by atoms with E-state index in [-0.39, 0.29) is 23.3 Å². The number of fused-ring (bicyclic) bond motifs is 1. The van der Waals surface area contributed by atoms with E-state index in [1.807, 2.05) is 0 Å². The molecule has 1 heterocycles. The number of allylic oxidation sites excluding steroid dienone is 3. The molecule has 1 aromatic rings. The van der Waals surface area contributed by atoms with E-state index in [0.717, 1.165) is 0 Å². The third kappa shape index (κ3) is 2.64. The summed E-state index contributed by atoms with van der Waals surface area (Å²) in [6.45, 7) is 0. The Morgan fingerprint density at radius 3 is 3.00 bits per heavy atom. The number of aliphatic imine (C=N–C) groups is 2. The van der Waals surface area contributed by atoms with Crippen molar-refractivity contribution in [1.82, 2.24) is 5.32 Å². The molecule has 0 spiro atoms. The van der Waals surface area contributed by atoms with Crippen molar-refractivity contribution < 1.29 is 14.7 Å². The summed E-state index contributed by atoms with van der Waals surface area (Å²) < 4.78 is 0. The normalized spacial score (nSPS) is 21.7. The standard InChI is InChI=1S/C15H11N3O3/c19-13-11-6-1-2-7-12(11)17-15(18-13)16-10-5-3-4-9(8-10)14(20)21/h1-8,11H,(H,20,21)(H,16,18,19). The van der Waals surface area contributed by atoms with Crippen LogP contribution < -0.4 is 5.32 Å². The van der Waals surface area contributed by atoms with Gasteiger partial charge in [-0.15, -0.1) is 0 Å². The lowest BCUT2D eigenvalue weighted by Gasteiger charge is -2.20. The average molecular weight is 281 g/mol. The molecule has 1 amide bonds. The molecular formula is C15H11N3O3. The van der Waals surface area contributed by atoms with Gasteiger partial charge in [-0.1, -0.05) is 24.3 Å². The van der Waals surface area contributed by atoms with Crippen LogP contribution in [0.2, 0.25) is 0 Å². The highest BCUT2D eigenvalue weighted by molar-refractivity contribution is 6.22. The number of guanidine groups is 1. The van der Waals surface area contributed by atoms with Crippen molar-refractivity contribution in [3.05, 3.63) is 54.1 Å². The predicted molar refractivity (Wildman–Crippen MR) is 77.8 cm³/mol. The minimum atomic E-state index is -1.03. The maximum absolute atomic E-state index is 12.0. The molecule has 6 nitrogen and oxygen atoms in total. The van der Waals surface area contributed by atoms with Gasteiger partial charge in [0.25, 0.3) is 0 Å². The van der Waals surface area contributed by atoms with Crippen molar-refractivity contribution in [2.24, 2.45) is 15.9 Å². The van der Waals surface area contributed by atoms with Crippen molar-refractivity contribution in [3.8, 4) is 0 Å². The van der Waals surface area contributed by atoms with E-state index in [2.05, 4.69) is 15.3 Å². The molecule has 0 bridgehead atoms. The Morgan fingerprint density at radius 1 is 1.33 bits per heavy atom. The van der Waals surface area contributed by atoms with E-state index in [0.29, 0.717) is 11.4 Å². The van der Waals surface area contributed by atoms with Crippen molar-refractivity contribution >= 4 is 29.2 Å². The summed E-state index contributed by atoms with van der Waals surface area (Å²) in [7, 11) is 0. The molecule has 21 heavy (non-hydrogen) atoms.